The van der Waals surface area contributed by atoms with Crippen LogP contribution >= 0.6 is 0 Å². The molecule has 0 amide bonds. The van der Waals surface area contributed by atoms with Gasteiger partial charge in [0, 0.05) is 31.4 Å². The second kappa shape index (κ2) is 5.54. The standard InChI is InChI=1S/C17H26N2/c1-13(2)15-9-10-19(12-15)17-7-3-14(4-8-17)11-18-16-5-6-16/h3-4,7-8,13,15-16,18H,5-6,9-12H2,1-2H3. The molecule has 1 aliphatic heterocycles. The minimum Gasteiger partial charge on any atom is -0.371 e. The van der Waals surface area contributed by atoms with Crippen molar-refractivity contribution in [2.75, 3.05) is 18.0 Å². The van der Waals surface area contributed by atoms with Crippen LogP contribution in [0, 0.1) is 11.8 Å². The summed E-state index contributed by atoms with van der Waals surface area (Å²) in [5, 5.41) is 3.57. The molecule has 2 heteroatoms. The third-order valence-corrected chi connectivity index (χ3v) is 4.64. The van der Waals surface area contributed by atoms with E-state index in [1.165, 1.54) is 43.6 Å². The summed E-state index contributed by atoms with van der Waals surface area (Å²) in [5.74, 6) is 1.68. The van der Waals surface area contributed by atoms with Gasteiger partial charge in [-0.25, -0.2) is 0 Å². The summed E-state index contributed by atoms with van der Waals surface area (Å²) in [6.45, 7) is 8.18. The first-order valence-electron chi connectivity index (χ1n) is 7.79. The van der Waals surface area contributed by atoms with Crippen LogP contribution in [0.5, 0.6) is 0 Å². The van der Waals surface area contributed by atoms with Crippen LogP contribution in [-0.4, -0.2) is 19.1 Å². The zero-order chi connectivity index (χ0) is 13.2. The lowest BCUT2D eigenvalue weighted by Gasteiger charge is -2.20. The summed E-state index contributed by atoms with van der Waals surface area (Å²) in [6, 6.07) is 9.96. The van der Waals surface area contributed by atoms with Gasteiger partial charge in [0.05, 0.1) is 0 Å². The fourth-order valence-electron chi connectivity index (χ4n) is 2.94. The maximum atomic E-state index is 3.57. The Morgan fingerprint density at radius 3 is 2.47 bits per heavy atom. The largest absolute Gasteiger partial charge is 0.371 e. The lowest BCUT2D eigenvalue weighted by atomic mass is 9.95. The zero-order valence-corrected chi connectivity index (χ0v) is 12.2. The van der Waals surface area contributed by atoms with Crippen molar-refractivity contribution >= 4 is 5.69 Å². The van der Waals surface area contributed by atoms with Crippen LogP contribution in [0.15, 0.2) is 24.3 Å². The van der Waals surface area contributed by atoms with Crippen LogP contribution in [-0.2, 0) is 6.54 Å². The van der Waals surface area contributed by atoms with Gasteiger partial charge in [0.15, 0.2) is 0 Å². The number of hydrogen-bond donors (Lipinski definition) is 1. The molecule has 1 unspecified atom stereocenters. The van der Waals surface area contributed by atoms with Crippen molar-refractivity contribution in [3.63, 3.8) is 0 Å². The predicted molar refractivity (Wildman–Crippen MR) is 81.5 cm³/mol. The van der Waals surface area contributed by atoms with Crippen molar-refractivity contribution in [2.24, 2.45) is 11.8 Å². The zero-order valence-electron chi connectivity index (χ0n) is 12.2. The molecule has 1 aliphatic carbocycles. The highest BCUT2D eigenvalue weighted by molar-refractivity contribution is 5.48. The van der Waals surface area contributed by atoms with Gasteiger partial charge >= 0.3 is 0 Å². The Kier molecular flexibility index (Phi) is 3.79. The molecule has 0 radical (unpaired) electrons. The normalized spacial score (nSPS) is 23.3. The minimum absolute atomic E-state index is 0.796. The quantitative estimate of drug-likeness (QED) is 0.870. The van der Waals surface area contributed by atoms with E-state index in [1.807, 2.05) is 0 Å². The predicted octanol–water partition coefficient (Wildman–Crippen LogP) is 3.42. The Morgan fingerprint density at radius 2 is 1.89 bits per heavy atom. The molecule has 0 aromatic heterocycles. The Bertz CT molecular complexity index is 406. The number of nitrogens with one attached hydrogen (secondary N) is 1. The molecule has 1 N–H and O–H groups in total. The Balaban J connectivity index is 1.56. The molecule has 104 valence electrons. The molecular formula is C17H26N2. The van der Waals surface area contributed by atoms with Gasteiger partial charge in [-0.3, -0.25) is 0 Å². The third kappa shape index (κ3) is 3.30. The van der Waals surface area contributed by atoms with Crippen LogP contribution < -0.4 is 10.2 Å². The van der Waals surface area contributed by atoms with E-state index < -0.39 is 0 Å². The van der Waals surface area contributed by atoms with E-state index in [4.69, 9.17) is 0 Å². The molecule has 2 aliphatic rings. The van der Waals surface area contributed by atoms with Crippen LogP contribution in [0.2, 0.25) is 0 Å². The summed E-state index contributed by atoms with van der Waals surface area (Å²) in [6.07, 6.45) is 4.08. The first kappa shape index (κ1) is 13.0. The topological polar surface area (TPSA) is 15.3 Å². The molecular weight excluding hydrogens is 232 g/mol. The number of hydrogen-bond acceptors (Lipinski definition) is 2. The number of rotatable bonds is 5. The minimum atomic E-state index is 0.796. The summed E-state index contributed by atoms with van der Waals surface area (Å²) in [4.78, 5) is 2.54. The molecule has 1 saturated carbocycles. The molecule has 0 bridgehead atoms. The highest BCUT2D eigenvalue weighted by Gasteiger charge is 2.25. The maximum Gasteiger partial charge on any atom is 0.0366 e. The van der Waals surface area contributed by atoms with Gasteiger partial charge in [0.1, 0.15) is 0 Å². The number of nitrogens with zero attached hydrogens (tertiary/aromatic N) is 1. The molecule has 19 heavy (non-hydrogen) atoms. The molecule has 1 heterocycles. The fourth-order valence-corrected chi connectivity index (χ4v) is 2.94. The van der Waals surface area contributed by atoms with E-state index in [0.717, 1.165) is 24.4 Å². The second-order valence-corrected chi connectivity index (χ2v) is 6.56. The molecule has 2 fully saturated rings. The van der Waals surface area contributed by atoms with E-state index in [-0.39, 0.29) is 0 Å². The van der Waals surface area contributed by atoms with Gasteiger partial charge in [0.25, 0.3) is 0 Å². The number of anilines is 1. The Hall–Kier alpha value is -1.02. The molecule has 3 rings (SSSR count). The van der Waals surface area contributed by atoms with Crippen molar-refractivity contribution < 1.29 is 0 Å². The highest BCUT2D eigenvalue weighted by Crippen LogP contribution is 2.28. The molecule has 1 atom stereocenters. The van der Waals surface area contributed by atoms with E-state index in [1.54, 1.807) is 0 Å². The molecule has 1 aromatic rings. The lowest BCUT2D eigenvalue weighted by Crippen LogP contribution is -2.21. The molecule has 0 spiro atoms. The third-order valence-electron chi connectivity index (χ3n) is 4.64. The maximum absolute atomic E-state index is 3.57. The lowest BCUT2D eigenvalue weighted by molar-refractivity contribution is 0.423. The van der Waals surface area contributed by atoms with E-state index >= 15 is 0 Å². The van der Waals surface area contributed by atoms with Gasteiger partial charge in [-0.15, -0.1) is 0 Å². The monoisotopic (exact) mass is 258 g/mol. The smallest absolute Gasteiger partial charge is 0.0366 e. The van der Waals surface area contributed by atoms with Gasteiger partial charge in [-0.1, -0.05) is 26.0 Å². The van der Waals surface area contributed by atoms with E-state index in [9.17, 15) is 0 Å². The second-order valence-electron chi connectivity index (χ2n) is 6.56. The highest BCUT2D eigenvalue weighted by atomic mass is 15.1. The van der Waals surface area contributed by atoms with Crippen LogP contribution in [0.3, 0.4) is 0 Å². The SMILES string of the molecule is CC(C)C1CCN(c2ccc(CNC3CC3)cc2)C1. The fraction of sp³-hybridized carbons (Fsp3) is 0.647. The van der Waals surface area contributed by atoms with Gasteiger partial charge in [-0.05, 0) is 48.8 Å². The van der Waals surface area contributed by atoms with Crippen molar-refractivity contribution in [3.05, 3.63) is 29.8 Å². The van der Waals surface area contributed by atoms with Crippen molar-refractivity contribution in [2.45, 2.75) is 45.7 Å². The van der Waals surface area contributed by atoms with E-state index in [2.05, 4.69) is 48.3 Å². The average Bonchev–Trinajstić information content (AvgIpc) is 3.11. The van der Waals surface area contributed by atoms with Crippen molar-refractivity contribution in [1.82, 2.24) is 5.32 Å². The van der Waals surface area contributed by atoms with E-state index in [0.29, 0.717) is 0 Å². The summed E-state index contributed by atoms with van der Waals surface area (Å²) in [5.41, 5.74) is 2.81. The number of benzene rings is 1. The Labute approximate surface area is 117 Å². The average molecular weight is 258 g/mol. The molecule has 1 aromatic carbocycles. The molecule has 1 saturated heterocycles. The van der Waals surface area contributed by atoms with Gasteiger partial charge in [0.2, 0.25) is 0 Å². The van der Waals surface area contributed by atoms with Crippen molar-refractivity contribution in [3.8, 4) is 0 Å². The van der Waals surface area contributed by atoms with Crippen LogP contribution in [0.1, 0.15) is 38.7 Å². The molecule has 2 nitrogen and oxygen atoms in total. The van der Waals surface area contributed by atoms with Crippen LogP contribution in [0.25, 0.3) is 0 Å². The Morgan fingerprint density at radius 1 is 1.16 bits per heavy atom. The summed E-state index contributed by atoms with van der Waals surface area (Å²) < 4.78 is 0. The van der Waals surface area contributed by atoms with Gasteiger partial charge < -0.3 is 10.2 Å². The summed E-state index contributed by atoms with van der Waals surface area (Å²) in [7, 11) is 0. The summed E-state index contributed by atoms with van der Waals surface area (Å²) >= 11 is 0. The van der Waals surface area contributed by atoms with Crippen LogP contribution in [0.4, 0.5) is 5.69 Å². The van der Waals surface area contributed by atoms with Crippen molar-refractivity contribution in [1.29, 1.82) is 0 Å². The van der Waals surface area contributed by atoms with Gasteiger partial charge in [-0.2, -0.15) is 0 Å². The first-order chi connectivity index (χ1) is 9.22. The first-order valence-corrected chi connectivity index (χ1v) is 7.79.